The van der Waals surface area contributed by atoms with E-state index in [0.717, 1.165) is 9.55 Å². The fourth-order valence-corrected chi connectivity index (χ4v) is 4.42. The summed E-state index contributed by atoms with van der Waals surface area (Å²) >= 11 is 1.52. The van der Waals surface area contributed by atoms with Crippen LogP contribution in [0.25, 0.3) is 32.2 Å². The minimum atomic E-state index is -0.608. The maximum Gasteiger partial charge on any atom is 0.340 e. The van der Waals surface area contributed by atoms with E-state index in [1.54, 1.807) is 36.4 Å². The number of nitrogens with zero attached hydrogens (tertiary/aromatic N) is 2. The molecule has 8 heteroatoms. The number of benzene rings is 2. The van der Waals surface area contributed by atoms with Gasteiger partial charge in [-0.3, -0.25) is 15.0 Å². The monoisotopic (exact) mass is 455 g/mol. The number of amides is 1. The molecule has 0 spiro atoms. The molecule has 0 aliphatic rings. The molecule has 0 unspecified atom stereocenters. The number of esters is 1. The molecule has 33 heavy (non-hydrogen) atoms. The summed E-state index contributed by atoms with van der Waals surface area (Å²) in [4.78, 5) is 44.4. The van der Waals surface area contributed by atoms with Crippen LogP contribution in [0, 0.1) is 0 Å². The van der Waals surface area contributed by atoms with Crippen LogP contribution in [0.2, 0.25) is 0 Å². The molecule has 3 aromatic heterocycles. The minimum absolute atomic E-state index is 0.173. The molecule has 5 rings (SSSR count). The van der Waals surface area contributed by atoms with Crippen molar-refractivity contribution in [2.75, 3.05) is 12.5 Å². The molecule has 1 amide bonds. The Morgan fingerprint density at radius 1 is 0.939 bits per heavy atom. The highest BCUT2D eigenvalue weighted by Crippen LogP contribution is 2.28. The summed E-state index contributed by atoms with van der Waals surface area (Å²) in [6.07, 6.45) is 1.29. The minimum Gasteiger partial charge on any atom is -0.465 e. The van der Waals surface area contributed by atoms with E-state index in [-0.39, 0.29) is 5.56 Å². The van der Waals surface area contributed by atoms with Crippen molar-refractivity contribution in [3.05, 3.63) is 99.8 Å². The molecule has 0 saturated heterocycles. The smallest absolute Gasteiger partial charge is 0.340 e. The van der Waals surface area contributed by atoms with Crippen LogP contribution in [0.4, 0.5) is 0 Å². The number of pyridine rings is 2. The third-order valence-corrected chi connectivity index (χ3v) is 6.18. The number of hydrogen-bond donors (Lipinski definition) is 1. The Balaban J connectivity index is 1.64. The highest BCUT2D eigenvalue weighted by Gasteiger charge is 2.19. The highest BCUT2D eigenvalue weighted by molar-refractivity contribution is 7.13. The molecule has 0 aliphatic carbocycles. The number of thiophene rings is 1. The van der Waals surface area contributed by atoms with Crippen molar-refractivity contribution in [3.8, 4) is 10.6 Å². The second-order valence-corrected chi connectivity index (χ2v) is 8.19. The van der Waals surface area contributed by atoms with Gasteiger partial charge in [0.15, 0.2) is 0 Å². The largest absolute Gasteiger partial charge is 0.465 e. The maximum absolute atomic E-state index is 13.4. The number of rotatable bonds is 4. The van der Waals surface area contributed by atoms with Crippen molar-refractivity contribution in [3.63, 3.8) is 0 Å². The fourth-order valence-electron chi connectivity index (χ4n) is 3.73. The number of aromatic nitrogens is 2. The van der Waals surface area contributed by atoms with E-state index in [4.69, 9.17) is 4.74 Å². The molecule has 0 aliphatic heterocycles. The van der Waals surface area contributed by atoms with Crippen molar-refractivity contribution in [1.82, 2.24) is 9.66 Å². The van der Waals surface area contributed by atoms with E-state index in [2.05, 4.69) is 10.4 Å². The lowest BCUT2D eigenvalue weighted by Gasteiger charge is -2.14. The van der Waals surface area contributed by atoms with Gasteiger partial charge in [0, 0.05) is 22.4 Å². The number of ether oxygens (including phenoxy) is 1. The maximum atomic E-state index is 13.4. The van der Waals surface area contributed by atoms with Gasteiger partial charge in [-0.15, -0.1) is 11.3 Å². The molecule has 0 fully saturated rings. The Labute approximate surface area is 191 Å². The van der Waals surface area contributed by atoms with Gasteiger partial charge in [-0.05, 0) is 29.6 Å². The Hall–Kier alpha value is -4.30. The summed E-state index contributed by atoms with van der Waals surface area (Å²) in [6.45, 7) is 0. The summed E-state index contributed by atoms with van der Waals surface area (Å²) in [5, 5.41) is 3.33. The van der Waals surface area contributed by atoms with Crippen LogP contribution in [0.5, 0.6) is 0 Å². The van der Waals surface area contributed by atoms with E-state index >= 15 is 0 Å². The van der Waals surface area contributed by atoms with Gasteiger partial charge in [0.2, 0.25) is 0 Å². The summed E-state index contributed by atoms with van der Waals surface area (Å²) in [6, 6.07) is 19.6. The molecule has 7 nitrogen and oxygen atoms in total. The normalized spacial score (nSPS) is 10.9. The van der Waals surface area contributed by atoms with Gasteiger partial charge in [-0.1, -0.05) is 42.5 Å². The van der Waals surface area contributed by atoms with Crippen LogP contribution in [-0.4, -0.2) is 28.6 Å². The number of para-hydroxylation sites is 1. The van der Waals surface area contributed by atoms with Crippen LogP contribution in [0.15, 0.2) is 83.1 Å². The first-order valence-corrected chi connectivity index (χ1v) is 10.9. The zero-order valence-corrected chi connectivity index (χ0v) is 18.3. The summed E-state index contributed by atoms with van der Waals surface area (Å²) in [7, 11) is 1.26. The van der Waals surface area contributed by atoms with E-state index in [0.29, 0.717) is 32.9 Å². The summed E-state index contributed by atoms with van der Waals surface area (Å²) in [5.74, 6) is -1.11. The average molecular weight is 455 g/mol. The molecule has 2 aromatic carbocycles. The first-order valence-electron chi connectivity index (χ1n) is 10.0. The van der Waals surface area contributed by atoms with Gasteiger partial charge >= 0.3 is 5.97 Å². The highest BCUT2D eigenvalue weighted by atomic mass is 32.1. The number of fused-ring (bicyclic) bond motifs is 2. The molecule has 0 atom stereocenters. The predicted molar refractivity (Wildman–Crippen MR) is 128 cm³/mol. The number of hydrogen-bond acceptors (Lipinski definition) is 6. The molecular weight excluding hydrogens is 438 g/mol. The molecule has 1 N–H and O–H groups in total. The van der Waals surface area contributed by atoms with Crippen molar-refractivity contribution >= 4 is 44.9 Å². The SMILES string of the molecule is COC(=O)c1cn(NC(=O)c2cc(-c3cccs3)nc3ccccc23)c(=O)c2ccccc12. The zero-order valence-electron chi connectivity index (χ0n) is 17.4. The standard InChI is InChI=1S/C25H17N3O4S/c1-32-25(31)19-14-28(24(30)17-9-3-2-7-15(17)19)27-23(29)18-13-21(22-11-6-12-33-22)26-20-10-5-4-8-16(18)20/h2-14H,1H3,(H,27,29). The van der Waals surface area contributed by atoms with Crippen molar-refractivity contribution in [2.24, 2.45) is 0 Å². The Morgan fingerprint density at radius 2 is 1.67 bits per heavy atom. The molecule has 0 bridgehead atoms. The van der Waals surface area contributed by atoms with Gasteiger partial charge in [0.1, 0.15) is 0 Å². The number of methoxy groups -OCH3 is 1. The van der Waals surface area contributed by atoms with Crippen LogP contribution in [-0.2, 0) is 4.74 Å². The van der Waals surface area contributed by atoms with E-state index in [1.807, 2.05) is 35.7 Å². The zero-order chi connectivity index (χ0) is 22.9. The van der Waals surface area contributed by atoms with Gasteiger partial charge in [0.05, 0.1) is 34.3 Å². The fraction of sp³-hybridized carbons (Fsp3) is 0.0400. The van der Waals surface area contributed by atoms with Crippen LogP contribution >= 0.6 is 11.3 Å². The number of nitrogens with one attached hydrogen (secondary N) is 1. The van der Waals surface area contributed by atoms with Crippen LogP contribution in [0.1, 0.15) is 20.7 Å². The molecule has 162 valence electrons. The van der Waals surface area contributed by atoms with Gasteiger partial charge in [-0.25, -0.2) is 14.5 Å². The summed E-state index contributed by atoms with van der Waals surface area (Å²) < 4.78 is 5.89. The number of carbonyl (C=O) groups is 2. The van der Waals surface area contributed by atoms with Gasteiger partial charge in [0.25, 0.3) is 11.5 Å². The van der Waals surface area contributed by atoms with Gasteiger partial charge in [-0.2, -0.15) is 0 Å². The molecular formula is C25H17N3O4S. The number of carbonyl (C=O) groups excluding carboxylic acids is 2. The first-order chi connectivity index (χ1) is 16.1. The Kier molecular flexibility index (Phi) is 5.20. The Morgan fingerprint density at radius 3 is 2.39 bits per heavy atom. The third-order valence-electron chi connectivity index (χ3n) is 5.29. The van der Waals surface area contributed by atoms with Crippen molar-refractivity contribution in [2.45, 2.75) is 0 Å². The van der Waals surface area contributed by atoms with Crippen LogP contribution in [0.3, 0.4) is 0 Å². The lowest BCUT2D eigenvalue weighted by molar-refractivity contribution is 0.0601. The molecule has 3 heterocycles. The van der Waals surface area contributed by atoms with E-state index < -0.39 is 17.4 Å². The topological polar surface area (TPSA) is 90.3 Å². The first kappa shape index (κ1) is 20.6. The third kappa shape index (κ3) is 3.66. The van der Waals surface area contributed by atoms with E-state index in [1.165, 1.54) is 24.6 Å². The van der Waals surface area contributed by atoms with Crippen molar-refractivity contribution < 1.29 is 14.3 Å². The Bertz CT molecular complexity index is 1590. The lowest BCUT2D eigenvalue weighted by atomic mass is 10.1. The predicted octanol–water partition coefficient (Wildman–Crippen LogP) is 4.45. The molecule has 0 radical (unpaired) electrons. The second-order valence-electron chi connectivity index (χ2n) is 7.25. The van der Waals surface area contributed by atoms with E-state index in [9.17, 15) is 14.4 Å². The lowest BCUT2D eigenvalue weighted by Crippen LogP contribution is -2.34. The summed E-state index contributed by atoms with van der Waals surface area (Å²) in [5.41, 5.74) is 4.04. The molecule has 0 saturated carbocycles. The average Bonchev–Trinajstić information content (AvgIpc) is 3.39. The van der Waals surface area contributed by atoms with Crippen LogP contribution < -0.4 is 11.0 Å². The van der Waals surface area contributed by atoms with Gasteiger partial charge < -0.3 is 4.74 Å². The van der Waals surface area contributed by atoms with Crippen molar-refractivity contribution in [1.29, 1.82) is 0 Å². The quantitative estimate of drug-likeness (QED) is 0.405. The second kappa shape index (κ2) is 8.33. The molecule has 5 aromatic rings.